The van der Waals surface area contributed by atoms with E-state index in [-0.39, 0.29) is 0 Å². The molecule has 0 saturated heterocycles. The molecule has 0 saturated carbocycles. The maximum atomic E-state index is 11.4. The van der Waals surface area contributed by atoms with Crippen molar-refractivity contribution in [2.24, 2.45) is 0 Å². The third kappa shape index (κ3) is 2.55. The third-order valence-corrected chi connectivity index (χ3v) is 3.65. The molecule has 0 unspecified atom stereocenters. The summed E-state index contributed by atoms with van der Waals surface area (Å²) in [4.78, 5) is 11.4. The van der Waals surface area contributed by atoms with Crippen molar-refractivity contribution in [3.63, 3.8) is 0 Å². The second kappa shape index (κ2) is 5.09. The predicted octanol–water partition coefficient (Wildman–Crippen LogP) is 4.00. The summed E-state index contributed by atoms with van der Waals surface area (Å²) < 4.78 is 2.01. The number of hydrogen-bond acceptors (Lipinski definition) is 1. The van der Waals surface area contributed by atoms with Crippen LogP contribution in [0, 0.1) is 13.8 Å². The highest BCUT2D eigenvalue weighted by Crippen LogP contribution is 2.22. The van der Waals surface area contributed by atoms with E-state index in [0.29, 0.717) is 12.1 Å². The van der Waals surface area contributed by atoms with Gasteiger partial charge in [-0.15, -0.1) is 0 Å². The fraction of sp³-hybridized carbons (Fsp3) is 0.167. The lowest BCUT2D eigenvalue weighted by Gasteiger charge is -2.09. The van der Waals surface area contributed by atoms with Crippen molar-refractivity contribution in [1.29, 1.82) is 0 Å². The molecule has 0 aliphatic rings. The first kappa shape index (κ1) is 13.4. The van der Waals surface area contributed by atoms with Crippen LogP contribution in [0.2, 0.25) is 0 Å². The zero-order valence-corrected chi connectivity index (χ0v) is 12.1. The Kier molecular flexibility index (Phi) is 3.26. The molecule has 0 atom stereocenters. The van der Waals surface area contributed by atoms with Crippen molar-refractivity contribution in [2.45, 2.75) is 20.4 Å². The number of hydrogen-bond donors (Lipinski definition) is 1. The first-order chi connectivity index (χ1) is 10.0. The molecule has 1 aromatic heterocycles. The number of rotatable bonds is 3. The number of para-hydroxylation sites is 1. The number of aryl methyl sites for hydroxylation is 2. The highest BCUT2D eigenvalue weighted by atomic mass is 16.4. The SMILES string of the molecule is Cc1cc(C)cc(Cn2ccc3cccc(C(=O)O)c32)c1. The lowest BCUT2D eigenvalue weighted by molar-refractivity contribution is 0.0698. The number of carbonyl (C=O) groups is 1. The second-order valence-corrected chi connectivity index (χ2v) is 5.49. The van der Waals surface area contributed by atoms with Crippen LogP contribution >= 0.6 is 0 Å². The minimum atomic E-state index is -0.888. The summed E-state index contributed by atoms with van der Waals surface area (Å²) in [7, 11) is 0. The Balaban J connectivity index is 2.10. The van der Waals surface area contributed by atoms with Gasteiger partial charge in [0.15, 0.2) is 0 Å². The molecule has 106 valence electrons. The molecule has 0 aliphatic heterocycles. The van der Waals surface area contributed by atoms with Crippen molar-refractivity contribution >= 4 is 16.9 Å². The van der Waals surface area contributed by atoms with Crippen molar-refractivity contribution in [1.82, 2.24) is 4.57 Å². The van der Waals surface area contributed by atoms with Crippen LogP contribution < -0.4 is 0 Å². The summed E-state index contributed by atoms with van der Waals surface area (Å²) >= 11 is 0. The topological polar surface area (TPSA) is 42.2 Å². The number of carboxylic acid groups (broad SMARTS) is 1. The fourth-order valence-electron chi connectivity index (χ4n) is 2.92. The largest absolute Gasteiger partial charge is 0.478 e. The van der Waals surface area contributed by atoms with E-state index in [1.54, 1.807) is 12.1 Å². The molecule has 3 aromatic rings. The molecule has 0 aliphatic carbocycles. The van der Waals surface area contributed by atoms with Gasteiger partial charge < -0.3 is 9.67 Å². The van der Waals surface area contributed by atoms with Gasteiger partial charge >= 0.3 is 5.97 Å². The van der Waals surface area contributed by atoms with Crippen molar-refractivity contribution in [3.05, 3.63) is 70.9 Å². The van der Waals surface area contributed by atoms with Crippen molar-refractivity contribution in [3.8, 4) is 0 Å². The Morgan fingerprint density at radius 2 is 1.81 bits per heavy atom. The average molecular weight is 279 g/mol. The number of aromatic nitrogens is 1. The van der Waals surface area contributed by atoms with Gasteiger partial charge in [0.05, 0.1) is 11.1 Å². The van der Waals surface area contributed by atoms with E-state index in [1.165, 1.54) is 16.7 Å². The fourth-order valence-corrected chi connectivity index (χ4v) is 2.92. The third-order valence-electron chi connectivity index (χ3n) is 3.65. The predicted molar refractivity (Wildman–Crippen MR) is 83.9 cm³/mol. The molecule has 0 amide bonds. The molecule has 1 N–H and O–H groups in total. The molecule has 0 radical (unpaired) electrons. The van der Waals surface area contributed by atoms with Crippen molar-refractivity contribution in [2.75, 3.05) is 0 Å². The van der Waals surface area contributed by atoms with E-state index in [0.717, 1.165) is 10.9 Å². The van der Waals surface area contributed by atoms with Crippen LogP contribution in [0.25, 0.3) is 10.9 Å². The molecule has 0 spiro atoms. The smallest absolute Gasteiger partial charge is 0.337 e. The van der Waals surface area contributed by atoms with E-state index >= 15 is 0 Å². The first-order valence-electron chi connectivity index (χ1n) is 6.93. The summed E-state index contributed by atoms with van der Waals surface area (Å²) in [5.41, 5.74) is 4.76. The zero-order chi connectivity index (χ0) is 15.0. The van der Waals surface area contributed by atoms with E-state index < -0.39 is 5.97 Å². The molecular formula is C18H17NO2. The van der Waals surface area contributed by atoms with Crippen LogP contribution in [0.3, 0.4) is 0 Å². The monoisotopic (exact) mass is 279 g/mol. The quantitative estimate of drug-likeness (QED) is 0.787. The summed E-state index contributed by atoms with van der Waals surface area (Å²) in [6, 6.07) is 13.8. The van der Waals surface area contributed by atoms with E-state index in [9.17, 15) is 9.90 Å². The van der Waals surface area contributed by atoms with Gasteiger partial charge in [-0.25, -0.2) is 4.79 Å². The van der Waals surface area contributed by atoms with E-state index in [4.69, 9.17) is 0 Å². The average Bonchev–Trinajstić information content (AvgIpc) is 2.80. The Morgan fingerprint density at radius 1 is 1.10 bits per heavy atom. The molecule has 1 heterocycles. The summed E-state index contributed by atoms with van der Waals surface area (Å²) in [6.45, 7) is 4.83. The first-order valence-corrected chi connectivity index (χ1v) is 6.93. The summed E-state index contributed by atoms with van der Waals surface area (Å²) in [5, 5.41) is 10.3. The van der Waals surface area contributed by atoms with Crippen LogP contribution in [-0.4, -0.2) is 15.6 Å². The van der Waals surface area contributed by atoms with Gasteiger partial charge in [0.1, 0.15) is 0 Å². The number of aromatic carboxylic acids is 1. The minimum Gasteiger partial charge on any atom is -0.478 e. The molecule has 0 bridgehead atoms. The Bertz CT molecular complexity index is 810. The highest BCUT2D eigenvalue weighted by Gasteiger charge is 2.12. The maximum Gasteiger partial charge on any atom is 0.337 e. The van der Waals surface area contributed by atoms with Crippen molar-refractivity contribution < 1.29 is 9.90 Å². The molecular weight excluding hydrogens is 262 g/mol. The standard InChI is InChI=1S/C18H17NO2/c1-12-8-13(2)10-14(9-12)11-19-7-6-15-4-3-5-16(17(15)19)18(20)21/h3-10H,11H2,1-2H3,(H,20,21). The van der Waals surface area contributed by atoms with Crippen LogP contribution in [0.1, 0.15) is 27.0 Å². The van der Waals surface area contributed by atoms with E-state index in [2.05, 4.69) is 32.0 Å². The molecule has 0 fully saturated rings. The number of carboxylic acids is 1. The van der Waals surface area contributed by atoms with Gasteiger partial charge in [0.25, 0.3) is 0 Å². The van der Waals surface area contributed by atoms with Gasteiger partial charge in [0, 0.05) is 18.1 Å². The van der Waals surface area contributed by atoms with Crippen LogP contribution in [0.5, 0.6) is 0 Å². The Hall–Kier alpha value is -2.55. The number of fused-ring (bicyclic) bond motifs is 1. The summed E-state index contributed by atoms with van der Waals surface area (Å²) in [5.74, 6) is -0.888. The van der Waals surface area contributed by atoms with Gasteiger partial charge in [0.2, 0.25) is 0 Å². The molecule has 3 rings (SSSR count). The molecule has 2 aromatic carbocycles. The van der Waals surface area contributed by atoms with Gasteiger partial charge in [-0.3, -0.25) is 0 Å². The van der Waals surface area contributed by atoms with Crippen LogP contribution in [-0.2, 0) is 6.54 Å². The van der Waals surface area contributed by atoms with E-state index in [1.807, 2.05) is 22.9 Å². The highest BCUT2D eigenvalue weighted by molar-refractivity contribution is 6.02. The lowest BCUT2D eigenvalue weighted by Crippen LogP contribution is -2.04. The minimum absolute atomic E-state index is 0.349. The maximum absolute atomic E-state index is 11.4. The Labute approximate surface area is 123 Å². The Morgan fingerprint density at radius 3 is 2.48 bits per heavy atom. The normalized spacial score (nSPS) is 11.0. The second-order valence-electron chi connectivity index (χ2n) is 5.49. The van der Waals surface area contributed by atoms with Gasteiger partial charge in [-0.2, -0.15) is 0 Å². The van der Waals surface area contributed by atoms with Crippen LogP contribution in [0.15, 0.2) is 48.7 Å². The zero-order valence-electron chi connectivity index (χ0n) is 12.1. The summed E-state index contributed by atoms with van der Waals surface area (Å²) in [6.07, 6.45) is 1.95. The van der Waals surface area contributed by atoms with Crippen LogP contribution in [0.4, 0.5) is 0 Å². The van der Waals surface area contributed by atoms with Gasteiger partial charge in [-0.1, -0.05) is 41.5 Å². The number of nitrogens with zero attached hydrogens (tertiary/aromatic N) is 1. The lowest BCUT2D eigenvalue weighted by atomic mass is 10.1. The van der Waals surface area contributed by atoms with Gasteiger partial charge in [-0.05, 0) is 31.5 Å². The molecule has 3 heteroatoms. The molecule has 3 nitrogen and oxygen atoms in total. The number of benzene rings is 2. The molecule has 21 heavy (non-hydrogen) atoms.